The van der Waals surface area contributed by atoms with Gasteiger partial charge in [0, 0.05) is 12.6 Å². The molecule has 0 saturated carbocycles. The van der Waals surface area contributed by atoms with Crippen molar-refractivity contribution in [3.05, 3.63) is 42.2 Å². The summed E-state index contributed by atoms with van der Waals surface area (Å²) in [6.07, 6.45) is 1.46. The summed E-state index contributed by atoms with van der Waals surface area (Å²) in [6.45, 7) is 4.48. The van der Waals surface area contributed by atoms with Gasteiger partial charge in [-0.2, -0.15) is 10.1 Å². The van der Waals surface area contributed by atoms with Gasteiger partial charge < -0.3 is 19.5 Å². The summed E-state index contributed by atoms with van der Waals surface area (Å²) in [5, 5.41) is 7.21. The third-order valence-corrected chi connectivity index (χ3v) is 4.01. The molecule has 0 unspecified atom stereocenters. The van der Waals surface area contributed by atoms with Crippen molar-refractivity contribution >= 4 is 11.6 Å². The number of carbonyl (C=O) groups is 1. The van der Waals surface area contributed by atoms with Crippen LogP contribution in [0.5, 0.6) is 17.6 Å². The molecule has 0 radical (unpaired) electrons. The molecule has 1 amide bonds. The Morgan fingerprint density at radius 1 is 1.17 bits per heavy atom. The van der Waals surface area contributed by atoms with Gasteiger partial charge in [-0.15, -0.1) is 0 Å². The zero-order valence-corrected chi connectivity index (χ0v) is 16.8. The van der Waals surface area contributed by atoms with Crippen LogP contribution in [0.15, 0.2) is 36.5 Å². The summed E-state index contributed by atoms with van der Waals surface area (Å²) in [4.78, 5) is 21.1. The molecule has 0 aliphatic carbocycles. The molecule has 152 valence electrons. The summed E-state index contributed by atoms with van der Waals surface area (Å²) < 4.78 is 17.6. The summed E-state index contributed by atoms with van der Waals surface area (Å²) in [7, 11) is 3.31. The predicted molar refractivity (Wildman–Crippen MR) is 108 cm³/mol. The highest BCUT2D eigenvalue weighted by molar-refractivity contribution is 6.04. The fourth-order valence-electron chi connectivity index (χ4n) is 2.67. The Morgan fingerprint density at radius 2 is 1.97 bits per heavy atom. The molecule has 29 heavy (non-hydrogen) atoms. The highest BCUT2D eigenvalue weighted by Crippen LogP contribution is 2.26. The lowest BCUT2D eigenvalue weighted by Gasteiger charge is -2.11. The van der Waals surface area contributed by atoms with E-state index < -0.39 is 0 Å². The van der Waals surface area contributed by atoms with E-state index in [0.717, 1.165) is 5.56 Å². The quantitative estimate of drug-likeness (QED) is 0.624. The first kappa shape index (κ1) is 20.1. The monoisotopic (exact) mass is 397 g/mol. The molecule has 1 aromatic carbocycles. The number of hydrogen-bond acceptors (Lipinski definition) is 7. The van der Waals surface area contributed by atoms with Crippen LogP contribution in [0.25, 0.3) is 11.3 Å². The van der Waals surface area contributed by atoms with Gasteiger partial charge in [-0.3, -0.25) is 9.48 Å². The standard InChI is InChI=1S/C20H23N5O4/c1-5-28-19-16(12-21-20(23-19)29-6-2)22-18(26)17-11-15(24-25(17)3)13-8-7-9-14(10-13)27-4/h7-12H,5-6H2,1-4H3,(H,22,26). The van der Waals surface area contributed by atoms with Crippen molar-refractivity contribution in [1.29, 1.82) is 0 Å². The van der Waals surface area contributed by atoms with Gasteiger partial charge in [0.2, 0.25) is 5.88 Å². The van der Waals surface area contributed by atoms with Crippen molar-refractivity contribution < 1.29 is 19.0 Å². The molecule has 9 heteroatoms. The number of ether oxygens (including phenoxy) is 3. The molecule has 2 heterocycles. The van der Waals surface area contributed by atoms with Gasteiger partial charge in [-0.25, -0.2) is 4.98 Å². The maximum Gasteiger partial charge on any atom is 0.319 e. The van der Waals surface area contributed by atoms with E-state index >= 15 is 0 Å². The van der Waals surface area contributed by atoms with Gasteiger partial charge in [0.25, 0.3) is 5.91 Å². The van der Waals surface area contributed by atoms with E-state index in [-0.39, 0.29) is 17.8 Å². The van der Waals surface area contributed by atoms with Crippen LogP contribution in [-0.2, 0) is 7.05 Å². The third-order valence-electron chi connectivity index (χ3n) is 4.01. The molecule has 3 aromatic rings. The molecule has 2 aromatic heterocycles. The largest absolute Gasteiger partial charge is 0.497 e. The first-order chi connectivity index (χ1) is 14.0. The summed E-state index contributed by atoms with van der Waals surface area (Å²) in [5.41, 5.74) is 2.23. The second kappa shape index (κ2) is 9.05. The minimum atomic E-state index is -0.358. The van der Waals surface area contributed by atoms with Crippen LogP contribution in [-0.4, -0.2) is 46.0 Å². The van der Waals surface area contributed by atoms with Crippen molar-refractivity contribution in [2.75, 3.05) is 25.6 Å². The van der Waals surface area contributed by atoms with E-state index in [1.54, 1.807) is 20.2 Å². The second-order valence-electron chi connectivity index (χ2n) is 5.96. The van der Waals surface area contributed by atoms with Crippen molar-refractivity contribution in [3.8, 4) is 28.9 Å². The number of benzene rings is 1. The number of carbonyl (C=O) groups excluding carboxylic acids is 1. The van der Waals surface area contributed by atoms with Crippen molar-refractivity contribution in [2.45, 2.75) is 13.8 Å². The molecule has 0 aliphatic heterocycles. The maximum atomic E-state index is 12.8. The zero-order valence-electron chi connectivity index (χ0n) is 16.8. The van der Waals surface area contributed by atoms with E-state index in [0.29, 0.717) is 36.0 Å². The Kier molecular flexibility index (Phi) is 6.28. The number of rotatable bonds is 8. The Hall–Kier alpha value is -3.62. The van der Waals surface area contributed by atoms with Crippen molar-refractivity contribution in [2.24, 2.45) is 7.05 Å². The average molecular weight is 397 g/mol. The van der Waals surface area contributed by atoms with E-state index in [1.807, 2.05) is 38.1 Å². The van der Waals surface area contributed by atoms with Gasteiger partial charge in [0.05, 0.1) is 32.2 Å². The normalized spacial score (nSPS) is 10.5. The number of amides is 1. The van der Waals surface area contributed by atoms with Gasteiger partial charge in [-0.1, -0.05) is 12.1 Å². The van der Waals surface area contributed by atoms with Gasteiger partial charge in [0.1, 0.15) is 17.1 Å². The van der Waals surface area contributed by atoms with Crippen LogP contribution in [0.3, 0.4) is 0 Å². The van der Waals surface area contributed by atoms with Crippen LogP contribution < -0.4 is 19.5 Å². The number of nitrogens with zero attached hydrogens (tertiary/aromatic N) is 4. The van der Waals surface area contributed by atoms with Gasteiger partial charge in [-0.05, 0) is 32.0 Å². The third kappa shape index (κ3) is 4.63. The highest BCUT2D eigenvalue weighted by atomic mass is 16.5. The molecule has 3 rings (SSSR count). The van der Waals surface area contributed by atoms with E-state index in [2.05, 4.69) is 20.4 Å². The Labute approximate surface area is 168 Å². The van der Waals surface area contributed by atoms with Crippen LogP contribution in [0.4, 0.5) is 5.69 Å². The smallest absolute Gasteiger partial charge is 0.319 e. The fourth-order valence-corrected chi connectivity index (χ4v) is 2.67. The van der Waals surface area contributed by atoms with E-state index in [1.165, 1.54) is 10.9 Å². The van der Waals surface area contributed by atoms with Crippen molar-refractivity contribution in [1.82, 2.24) is 19.7 Å². The van der Waals surface area contributed by atoms with Crippen LogP contribution in [0, 0.1) is 0 Å². The number of anilines is 1. The first-order valence-electron chi connectivity index (χ1n) is 9.18. The van der Waals surface area contributed by atoms with Crippen molar-refractivity contribution in [3.63, 3.8) is 0 Å². The van der Waals surface area contributed by atoms with Gasteiger partial charge >= 0.3 is 6.01 Å². The number of hydrogen-bond donors (Lipinski definition) is 1. The van der Waals surface area contributed by atoms with E-state index in [9.17, 15) is 4.79 Å². The summed E-state index contributed by atoms with van der Waals surface area (Å²) in [5.74, 6) is 0.601. The Morgan fingerprint density at radius 3 is 2.69 bits per heavy atom. The lowest BCUT2D eigenvalue weighted by molar-refractivity contribution is 0.101. The SMILES string of the molecule is CCOc1ncc(NC(=O)c2cc(-c3cccc(OC)c3)nn2C)c(OCC)n1. The molecule has 9 nitrogen and oxygen atoms in total. The lowest BCUT2D eigenvalue weighted by atomic mass is 10.1. The maximum absolute atomic E-state index is 12.8. The Bertz CT molecular complexity index is 1000. The fraction of sp³-hybridized carbons (Fsp3) is 0.300. The van der Waals surface area contributed by atoms with Crippen LogP contribution >= 0.6 is 0 Å². The molecule has 0 aliphatic rings. The van der Waals surface area contributed by atoms with Crippen LogP contribution in [0.1, 0.15) is 24.3 Å². The summed E-state index contributed by atoms with van der Waals surface area (Å²) >= 11 is 0. The molecule has 0 fully saturated rings. The number of aromatic nitrogens is 4. The minimum absolute atomic E-state index is 0.190. The number of methoxy groups -OCH3 is 1. The average Bonchev–Trinajstić information content (AvgIpc) is 3.12. The van der Waals surface area contributed by atoms with E-state index in [4.69, 9.17) is 14.2 Å². The van der Waals surface area contributed by atoms with Gasteiger partial charge in [0.15, 0.2) is 0 Å². The molecular formula is C20H23N5O4. The molecule has 0 atom stereocenters. The summed E-state index contributed by atoms with van der Waals surface area (Å²) in [6, 6.07) is 9.38. The molecule has 1 N–H and O–H groups in total. The molecule has 0 bridgehead atoms. The second-order valence-corrected chi connectivity index (χ2v) is 5.96. The topological polar surface area (TPSA) is 100 Å². The molecule has 0 spiro atoms. The zero-order chi connectivity index (χ0) is 20.8. The Balaban J connectivity index is 1.85. The minimum Gasteiger partial charge on any atom is -0.497 e. The lowest BCUT2D eigenvalue weighted by Crippen LogP contribution is -2.17. The molecule has 0 saturated heterocycles. The van der Waals surface area contributed by atoms with Crippen LogP contribution in [0.2, 0.25) is 0 Å². The highest BCUT2D eigenvalue weighted by Gasteiger charge is 2.18. The number of nitrogens with one attached hydrogen (secondary N) is 1. The first-order valence-corrected chi connectivity index (χ1v) is 9.18. The predicted octanol–water partition coefficient (Wildman–Crippen LogP) is 2.94. The number of aryl methyl sites for hydroxylation is 1. The molecular weight excluding hydrogens is 374 g/mol.